The van der Waals surface area contributed by atoms with Crippen LogP contribution in [0.25, 0.3) is 0 Å². The fraction of sp³-hybridized carbons (Fsp3) is 0.154. The third-order valence-electron chi connectivity index (χ3n) is 2.26. The van der Waals surface area contributed by atoms with Crippen LogP contribution >= 0.6 is 11.8 Å². The fourth-order valence-electron chi connectivity index (χ4n) is 1.32. The Morgan fingerprint density at radius 1 is 1.24 bits per heavy atom. The molecule has 0 spiro atoms. The Hall–Kier alpha value is -1.68. The number of carbonyl (C=O) groups excluding carboxylic acids is 1. The van der Waals surface area contributed by atoms with Crippen LogP contribution in [0.15, 0.2) is 47.9 Å². The van der Waals surface area contributed by atoms with E-state index in [4.69, 9.17) is 0 Å². The highest BCUT2D eigenvalue weighted by atomic mass is 32.2. The first-order chi connectivity index (χ1) is 8.25. The van der Waals surface area contributed by atoms with E-state index in [-0.39, 0.29) is 5.78 Å². The Morgan fingerprint density at radius 3 is 2.65 bits per heavy atom. The molecule has 0 atom stereocenters. The number of hydrogen-bond acceptors (Lipinski definition) is 4. The number of nitrogens with zero attached hydrogens (tertiary/aromatic N) is 2. The summed E-state index contributed by atoms with van der Waals surface area (Å²) in [6.45, 7) is 2.00. The molecule has 0 unspecified atom stereocenters. The summed E-state index contributed by atoms with van der Waals surface area (Å²) in [5.74, 6) is 0.502. The van der Waals surface area contributed by atoms with E-state index in [1.807, 2.05) is 31.2 Å². The lowest BCUT2D eigenvalue weighted by molar-refractivity contribution is 0.102. The van der Waals surface area contributed by atoms with Crippen LogP contribution in [0, 0.1) is 6.92 Å². The SMILES string of the molecule is Cc1ccc(C(=O)CSc2cnccn2)cc1. The van der Waals surface area contributed by atoms with Crippen molar-refractivity contribution in [3.8, 4) is 0 Å². The molecule has 3 nitrogen and oxygen atoms in total. The zero-order chi connectivity index (χ0) is 12.1. The molecule has 2 aromatic rings. The molecule has 4 heteroatoms. The van der Waals surface area contributed by atoms with Crippen molar-refractivity contribution >= 4 is 17.5 Å². The predicted octanol–water partition coefficient (Wildman–Crippen LogP) is 2.76. The van der Waals surface area contributed by atoms with Gasteiger partial charge < -0.3 is 0 Å². The summed E-state index contributed by atoms with van der Waals surface area (Å²) >= 11 is 1.40. The lowest BCUT2D eigenvalue weighted by atomic mass is 10.1. The van der Waals surface area contributed by atoms with Gasteiger partial charge in [-0.25, -0.2) is 4.98 Å². The lowest BCUT2D eigenvalue weighted by Crippen LogP contribution is -2.02. The smallest absolute Gasteiger partial charge is 0.173 e. The summed E-state index contributed by atoms with van der Waals surface area (Å²) in [5.41, 5.74) is 1.90. The first kappa shape index (κ1) is 11.8. The number of ketones is 1. The van der Waals surface area contributed by atoms with Gasteiger partial charge in [-0.2, -0.15) is 0 Å². The molecule has 17 heavy (non-hydrogen) atoms. The van der Waals surface area contributed by atoms with Crippen LogP contribution in [0.4, 0.5) is 0 Å². The Bertz CT molecular complexity index is 497. The van der Waals surface area contributed by atoms with Gasteiger partial charge in [-0.3, -0.25) is 9.78 Å². The second-order valence-electron chi connectivity index (χ2n) is 3.62. The summed E-state index contributed by atoms with van der Waals surface area (Å²) in [7, 11) is 0. The van der Waals surface area contributed by atoms with Gasteiger partial charge in [-0.05, 0) is 6.92 Å². The van der Waals surface area contributed by atoms with Gasteiger partial charge in [-0.1, -0.05) is 41.6 Å². The Kier molecular flexibility index (Phi) is 3.88. The monoisotopic (exact) mass is 244 g/mol. The van der Waals surface area contributed by atoms with Crippen LogP contribution in [0.5, 0.6) is 0 Å². The fourth-order valence-corrected chi connectivity index (χ4v) is 2.04. The molecule has 0 N–H and O–H groups in total. The Labute approximate surface area is 104 Å². The summed E-state index contributed by atoms with van der Waals surface area (Å²) in [6.07, 6.45) is 4.90. The standard InChI is InChI=1S/C13H12N2OS/c1-10-2-4-11(5-3-10)12(16)9-17-13-8-14-6-7-15-13/h2-8H,9H2,1H3. The minimum atomic E-state index is 0.112. The molecule has 2 rings (SSSR count). The van der Waals surface area contributed by atoms with Crippen molar-refractivity contribution in [2.75, 3.05) is 5.75 Å². The molecular formula is C13H12N2OS. The van der Waals surface area contributed by atoms with Gasteiger partial charge >= 0.3 is 0 Å². The molecule has 86 valence electrons. The van der Waals surface area contributed by atoms with Crippen molar-refractivity contribution in [1.82, 2.24) is 9.97 Å². The topological polar surface area (TPSA) is 42.9 Å². The molecule has 0 fully saturated rings. The average Bonchev–Trinajstić information content (AvgIpc) is 2.38. The van der Waals surface area contributed by atoms with E-state index in [1.165, 1.54) is 11.8 Å². The molecule has 0 bridgehead atoms. The highest BCUT2D eigenvalue weighted by Gasteiger charge is 2.06. The lowest BCUT2D eigenvalue weighted by Gasteiger charge is -2.01. The summed E-state index contributed by atoms with van der Waals surface area (Å²) in [5, 5.41) is 0.771. The van der Waals surface area contributed by atoms with Crippen LogP contribution < -0.4 is 0 Å². The van der Waals surface area contributed by atoms with E-state index >= 15 is 0 Å². The second-order valence-corrected chi connectivity index (χ2v) is 4.62. The normalized spacial score (nSPS) is 10.2. The van der Waals surface area contributed by atoms with Gasteiger partial charge in [0.05, 0.1) is 11.9 Å². The maximum atomic E-state index is 11.9. The minimum Gasteiger partial charge on any atom is -0.293 e. The highest BCUT2D eigenvalue weighted by molar-refractivity contribution is 7.99. The highest BCUT2D eigenvalue weighted by Crippen LogP contribution is 2.15. The Morgan fingerprint density at radius 2 is 2.00 bits per heavy atom. The number of benzene rings is 1. The maximum Gasteiger partial charge on any atom is 0.173 e. The minimum absolute atomic E-state index is 0.112. The van der Waals surface area contributed by atoms with E-state index in [0.717, 1.165) is 16.2 Å². The molecule has 1 aromatic heterocycles. The molecule has 0 saturated heterocycles. The van der Waals surface area contributed by atoms with E-state index in [0.29, 0.717) is 5.75 Å². The van der Waals surface area contributed by atoms with E-state index in [2.05, 4.69) is 9.97 Å². The summed E-state index contributed by atoms with van der Waals surface area (Å²) in [4.78, 5) is 19.9. The molecule has 0 aliphatic carbocycles. The average molecular weight is 244 g/mol. The van der Waals surface area contributed by atoms with Gasteiger partial charge in [0.25, 0.3) is 0 Å². The van der Waals surface area contributed by atoms with Crippen LogP contribution in [-0.4, -0.2) is 21.5 Å². The third kappa shape index (κ3) is 3.39. The molecule has 0 radical (unpaired) electrons. The first-order valence-electron chi connectivity index (χ1n) is 5.24. The molecule has 0 amide bonds. The number of aromatic nitrogens is 2. The number of aryl methyl sites for hydroxylation is 1. The van der Waals surface area contributed by atoms with Gasteiger partial charge in [0.15, 0.2) is 5.78 Å². The van der Waals surface area contributed by atoms with Crippen LogP contribution in [-0.2, 0) is 0 Å². The summed E-state index contributed by atoms with van der Waals surface area (Å²) in [6, 6.07) is 7.60. The van der Waals surface area contributed by atoms with Gasteiger partial charge in [0.1, 0.15) is 5.03 Å². The molecule has 0 aliphatic heterocycles. The second kappa shape index (κ2) is 5.59. The number of carbonyl (C=O) groups is 1. The molecule has 1 aromatic carbocycles. The van der Waals surface area contributed by atoms with Crippen LogP contribution in [0.1, 0.15) is 15.9 Å². The Balaban J connectivity index is 1.96. The van der Waals surface area contributed by atoms with Crippen molar-refractivity contribution < 1.29 is 4.79 Å². The van der Waals surface area contributed by atoms with Gasteiger partial charge in [-0.15, -0.1) is 0 Å². The maximum absolute atomic E-state index is 11.9. The van der Waals surface area contributed by atoms with E-state index in [1.54, 1.807) is 18.6 Å². The van der Waals surface area contributed by atoms with Crippen molar-refractivity contribution in [3.63, 3.8) is 0 Å². The number of Topliss-reactive ketones (excluding diaryl/α,β-unsaturated/α-hetero) is 1. The zero-order valence-corrected chi connectivity index (χ0v) is 10.3. The van der Waals surface area contributed by atoms with Crippen molar-refractivity contribution in [3.05, 3.63) is 54.0 Å². The first-order valence-corrected chi connectivity index (χ1v) is 6.23. The molecular weight excluding hydrogens is 232 g/mol. The molecule has 1 heterocycles. The summed E-state index contributed by atoms with van der Waals surface area (Å²) < 4.78 is 0. The van der Waals surface area contributed by atoms with Crippen LogP contribution in [0.2, 0.25) is 0 Å². The van der Waals surface area contributed by atoms with Crippen molar-refractivity contribution in [1.29, 1.82) is 0 Å². The third-order valence-corrected chi connectivity index (χ3v) is 3.18. The van der Waals surface area contributed by atoms with Gasteiger partial charge in [0, 0.05) is 18.0 Å². The van der Waals surface area contributed by atoms with E-state index < -0.39 is 0 Å². The van der Waals surface area contributed by atoms with Crippen molar-refractivity contribution in [2.24, 2.45) is 0 Å². The largest absolute Gasteiger partial charge is 0.293 e. The molecule has 0 saturated carbocycles. The quantitative estimate of drug-likeness (QED) is 0.612. The zero-order valence-electron chi connectivity index (χ0n) is 9.46. The number of hydrogen-bond donors (Lipinski definition) is 0. The van der Waals surface area contributed by atoms with Crippen LogP contribution in [0.3, 0.4) is 0 Å². The van der Waals surface area contributed by atoms with Gasteiger partial charge in [0.2, 0.25) is 0 Å². The van der Waals surface area contributed by atoms with E-state index in [9.17, 15) is 4.79 Å². The molecule has 0 aliphatic rings. The number of thioether (sulfide) groups is 1. The van der Waals surface area contributed by atoms with Crippen molar-refractivity contribution in [2.45, 2.75) is 11.9 Å². The predicted molar refractivity (Wildman–Crippen MR) is 68.3 cm³/mol. The number of rotatable bonds is 4.